The normalized spacial score (nSPS) is 23.0. The zero-order valence-electron chi connectivity index (χ0n) is 11.4. The summed E-state index contributed by atoms with van der Waals surface area (Å²) in [5, 5.41) is 3.03. The quantitative estimate of drug-likeness (QED) is 0.875. The van der Waals surface area contributed by atoms with Gasteiger partial charge in [-0.3, -0.25) is 9.59 Å². The molecule has 104 valence electrons. The van der Waals surface area contributed by atoms with Crippen LogP contribution in [0.1, 0.15) is 55.8 Å². The van der Waals surface area contributed by atoms with Crippen molar-refractivity contribution in [1.82, 2.24) is 10.3 Å². The van der Waals surface area contributed by atoms with Crippen LogP contribution in [0.15, 0.2) is 23.1 Å². The van der Waals surface area contributed by atoms with Crippen molar-refractivity contribution < 1.29 is 4.79 Å². The summed E-state index contributed by atoms with van der Waals surface area (Å²) in [6, 6.07) is 3.25. The first kappa shape index (κ1) is 13.8. The number of pyridine rings is 1. The van der Waals surface area contributed by atoms with E-state index in [2.05, 4.69) is 17.2 Å². The highest BCUT2D eigenvalue weighted by molar-refractivity contribution is 5.94. The van der Waals surface area contributed by atoms with Gasteiger partial charge < -0.3 is 10.3 Å². The SMILES string of the molecule is CCCC1CCC(NC(=O)c2cc[nH]c(=O)c2)CC1. The van der Waals surface area contributed by atoms with Crippen LogP contribution in [0, 0.1) is 5.92 Å². The van der Waals surface area contributed by atoms with E-state index in [-0.39, 0.29) is 17.5 Å². The topological polar surface area (TPSA) is 62.0 Å². The lowest BCUT2D eigenvalue weighted by Gasteiger charge is -2.28. The Morgan fingerprint density at radius 2 is 2.11 bits per heavy atom. The number of carbonyl (C=O) groups excluding carboxylic acids is 1. The van der Waals surface area contributed by atoms with Gasteiger partial charge in [-0.1, -0.05) is 19.8 Å². The Morgan fingerprint density at radius 1 is 1.37 bits per heavy atom. The largest absolute Gasteiger partial charge is 0.349 e. The summed E-state index contributed by atoms with van der Waals surface area (Å²) in [7, 11) is 0. The molecule has 0 bridgehead atoms. The van der Waals surface area contributed by atoms with Crippen LogP contribution in [0.4, 0.5) is 0 Å². The Morgan fingerprint density at radius 3 is 2.74 bits per heavy atom. The molecule has 0 radical (unpaired) electrons. The van der Waals surface area contributed by atoms with Crippen LogP contribution in [-0.2, 0) is 0 Å². The van der Waals surface area contributed by atoms with Crippen molar-refractivity contribution in [2.45, 2.75) is 51.5 Å². The molecule has 2 rings (SSSR count). The number of hydrogen-bond donors (Lipinski definition) is 2. The average Bonchev–Trinajstić information content (AvgIpc) is 2.41. The summed E-state index contributed by atoms with van der Waals surface area (Å²) in [4.78, 5) is 25.7. The maximum absolute atomic E-state index is 12.0. The van der Waals surface area contributed by atoms with E-state index in [1.54, 1.807) is 6.07 Å². The van der Waals surface area contributed by atoms with Crippen LogP contribution in [-0.4, -0.2) is 16.9 Å². The number of aromatic amines is 1. The van der Waals surface area contributed by atoms with Gasteiger partial charge in [-0.2, -0.15) is 0 Å². The lowest BCUT2D eigenvalue weighted by Crippen LogP contribution is -2.38. The number of nitrogens with one attached hydrogen (secondary N) is 2. The maximum Gasteiger partial charge on any atom is 0.251 e. The van der Waals surface area contributed by atoms with Gasteiger partial charge >= 0.3 is 0 Å². The number of hydrogen-bond acceptors (Lipinski definition) is 2. The predicted octanol–water partition coefficient (Wildman–Crippen LogP) is 2.46. The first-order valence-electron chi connectivity index (χ1n) is 7.18. The molecule has 4 heteroatoms. The third-order valence-electron chi connectivity index (χ3n) is 3.92. The highest BCUT2D eigenvalue weighted by atomic mass is 16.2. The van der Waals surface area contributed by atoms with E-state index in [1.165, 1.54) is 37.9 Å². The molecule has 2 N–H and O–H groups in total. The minimum atomic E-state index is -0.237. The number of carbonyl (C=O) groups is 1. The van der Waals surface area contributed by atoms with E-state index < -0.39 is 0 Å². The second kappa shape index (κ2) is 6.55. The third-order valence-corrected chi connectivity index (χ3v) is 3.92. The van der Waals surface area contributed by atoms with E-state index >= 15 is 0 Å². The first-order chi connectivity index (χ1) is 9.19. The fraction of sp³-hybridized carbons (Fsp3) is 0.600. The third kappa shape index (κ3) is 3.94. The lowest BCUT2D eigenvalue weighted by molar-refractivity contribution is 0.0921. The highest BCUT2D eigenvalue weighted by Gasteiger charge is 2.22. The number of amides is 1. The molecule has 1 aliphatic carbocycles. The van der Waals surface area contributed by atoms with Gasteiger partial charge in [0, 0.05) is 23.9 Å². The van der Waals surface area contributed by atoms with Crippen LogP contribution < -0.4 is 10.9 Å². The zero-order chi connectivity index (χ0) is 13.7. The molecule has 0 spiro atoms. The standard InChI is InChI=1S/C15H22N2O2/c1-2-3-11-4-6-13(7-5-11)17-15(19)12-8-9-16-14(18)10-12/h8-11,13H,2-7H2,1H3,(H,16,18)(H,17,19). The second-order valence-electron chi connectivity index (χ2n) is 5.42. The molecule has 0 saturated heterocycles. The Balaban J connectivity index is 1.85. The van der Waals surface area contributed by atoms with Gasteiger partial charge in [0.15, 0.2) is 0 Å². The summed E-state index contributed by atoms with van der Waals surface area (Å²) in [6.07, 6.45) is 8.57. The van der Waals surface area contributed by atoms with Crippen molar-refractivity contribution in [2.24, 2.45) is 5.92 Å². The van der Waals surface area contributed by atoms with Crippen molar-refractivity contribution in [1.29, 1.82) is 0 Å². The fourth-order valence-electron chi connectivity index (χ4n) is 2.86. The molecular weight excluding hydrogens is 240 g/mol. The van der Waals surface area contributed by atoms with Gasteiger partial charge in [0.2, 0.25) is 5.56 Å². The van der Waals surface area contributed by atoms with E-state index in [4.69, 9.17) is 0 Å². The van der Waals surface area contributed by atoms with E-state index in [9.17, 15) is 9.59 Å². The minimum Gasteiger partial charge on any atom is -0.349 e. The van der Waals surface area contributed by atoms with Crippen molar-refractivity contribution in [2.75, 3.05) is 0 Å². The number of aromatic nitrogens is 1. The summed E-state index contributed by atoms with van der Waals surface area (Å²) in [5.41, 5.74) is 0.207. The summed E-state index contributed by atoms with van der Waals surface area (Å²) in [5.74, 6) is 0.697. The Kier molecular flexibility index (Phi) is 4.77. The zero-order valence-corrected chi connectivity index (χ0v) is 11.4. The molecule has 19 heavy (non-hydrogen) atoms. The molecule has 1 aromatic heterocycles. The molecule has 0 aliphatic heterocycles. The molecule has 1 saturated carbocycles. The maximum atomic E-state index is 12.0. The second-order valence-corrected chi connectivity index (χ2v) is 5.42. The first-order valence-corrected chi connectivity index (χ1v) is 7.18. The molecule has 0 unspecified atom stereocenters. The average molecular weight is 262 g/mol. The van der Waals surface area contributed by atoms with Gasteiger partial charge in [-0.25, -0.2) is 0 Å². The molecule has 1 fully saturated rings. The van der Waals surface area contributed by atoms with E-state index in [0.717, 1.165) is 18.8 Å². The van der Waals surface area contributed by atoms with Crippen LogP contribution in [0.3, 0.4) is 0 Å². The van der Waals surface area contributed by atoms with E-state index in [0.29, 0.717) is 5.56 Å². The minimum absolute atomic E-state index is 0.134. The number of rotatable bonds is 4. The number of H-pyrrole nitrogens is 1. The van der Waals surface area contributed by atoms with Crippen molar-refractivity contribution in [3.63, 3.8) is 0 Å². The van der Waals surface area contributed by atoms with Gasteiger partial charge in [0.1, 0.15) is 0 Å². The molecular formula is C15H22N2O2. The summed E-state index contributed by atoms with van der Waals surface area (Å²) >= 11 is 0. The summed E-state index contributed by atoms with van der Waals surface area (Å²) < 4.78 is 0. The molecule has 0 atom stereocenters. The Labute approximate surface area is 113 Å². The van der Waals surface area contributed by atoms with Crippen LogP contribution in [0.5, 0.6) is 0 Å². The highest BCUT2D eigenvalue weighted by Crippen LogP contribution is 2.27. The monoisotopic (exact) mass is 262 g/mol. The Bertz CT molecular complexity index is 473. The van der Waals surface area contributed by atoms with E-state index in [1.807, 2.05) is 0 Å². The van der Waals surface area contributed by atoms with Crippen molar-refractivity contribution in [3.05, 3.63) is 34.2 Å². The van der Waals surface area contributed by atoms with Crippen LogP contribution >= 0.6 is 0 Å². The molecule has 4 nitrogen and oxygen atoms in total. The van der Waals surface area contributed by atoms with Gasteiger partial charge in [0.25, 0.3) is 5.91 Å². The molecule has 1 amide bonds. The molecule has 1 aliphatic rings. The van der Waals surface area contributed by atoms with Gasteiger partial charge in [0.05, 0.1) is 0 Å². The van der Waals surface area contributed by atoms with Crippen LogP contribution in [0.25, 0.3) is 0 Å². The fourth-order valence-corrected chi connectivity index (χ4v) is 2.86. The molecule has 1 heterocycles. The van der Waals surface area contributed by atoms with Gasteiger partial charge in [-0.15, -0.1) is 0 Å². The van der Waals surface area contributed by atoms with Crippen molar-refractivity contribution >= 4 is 5.91 Å². The van der Waals surface area contributed by atoms with Crippen molar-refractivity contribution in [3.8, 4) is 0 Å². The molecule has 1 aromatic rings. The smallest absolute Gasteiger partial charge is 0.251 e. The predicted molar refractivity (Wildman–Crippen MR) is 75.2 cm³/mol. The summed E-state index contributed by atoms with van der Waals surface area (Å²) in [6.45, 7) is 2.22. The lowest BCUT2D eigenvalue weighted by atomic mass is 9.83. The van der Waals surface area contributed by atoms with Crippen LogP contribution in [0.2, 0.25) is 0 Å². The van der Waals surface area contributed by atoms with Gasteiger partial charge in [-0.05, 0) is 37.7 Å². The molecule has 0 aromatic carbocycles. The Hall–Kier alpha value is -1.58.